The molecule has 0 aliphatic heterocycles. The molecule has 3 aromatic rings. The summed E-state index contributed by atoms with van der Waals surface area (Å²) < 4.78 is 16.7. The molecule has 170 valence electrons. The Bertz CT molecular complexity index is 988. The third kappa shape index (κ3) is 6.31. The highest BCUT2D eigenvalue weighted by molar-refractivity contribution is 7.14. The van der Waals surface area contributed by atoms with Crippen LogP contribution >= 0.6 is 22.7 Å². The van der Waals surface area contributed by atoms with Gasteiger partial charge in [0.15, 0.2) is 6.10 Å². The quantitative estimate of drug-likeness (QED) is 0.302. The number of carbonyl (C=O) groups excluding carboxylic acids is 1. The molecule has 2 heterocycles. The van der Waals surface area contributed by atoms with Gasteiger partial charge in [0, 0.05) is 28.4 Å². The highest BCUT2D eigenvalue weighted by atomic mass is 32.1. The van der Waals surface area contributed by atoms with Crippen LogP contribution in [0.4, 0.5) is 0 Å². The van der Waals surface area contributed by atoms with E-state index in [1.54, 1.807) is 29.6 Å². The van der Waals surface area contributed by atoms with Crippen LogP contribution in [0.1, 0.15) is 40.3 Å². The average Bonchev–Trinajstić information content (AvgIpc) is 3.40. The summed E-state index contributed by atoms with van der Waals surface area (Å²) in [5, 5.41) is 4.26. The summed E-state index contributed by atoms with van der Waals surface area (Å²) in [5.74, 6) is 0.472. The first-order valence-corrected chi connectivity index (χ1v) is 12.6. The normalized spacial score (nSPS) is 11.8. The monoisotopic (exact) mass is 470 g/mol. The number of carbonyl (C=O) groups is 1. The lowest BCUT2D eigenvalue weighted by molar-refractivity contribution is -0.156. The van der Waals surface area contributed by atoms with E-state index in [9.17, 15) is 4.79 Å². The first kappa shape index (κ1) is 24.2. The Hall–Kier alpha value is -2.41. The summed E-state index contributed by atoms with van der Waals surface area (Å²) in [6.45, 7) is 9.26. The predicted octanol–water partition coefficient (Wildman–Crippen LogP) is 6.45. The molecule has 0 aliphatic rings. The van der Waals surface area contributed by atoms with E-state index in [0.29, 0.717) is 26.2 Å². The van der Waals surface area contributed by atoms with Gasteiger partial charge in [-0.15, -0.1) is 22.7 Å². The molecule has 1 unspecified atom stereocenters. The summed E-state index contributed by atoms with van der Waals surface area (Å²) in [6, 6.07) is 12.1. The fourth-order valence-electron chi connectivity index (χ4n) is 3.39. The van der Waals surface area contributed by atoms with Crippen molar-refractivity contribution in [3.05, 3.63) is 79.7 Å². The molecule has 0 radical (unpaired) electrons. The molecular formula is C26H30O4S2. The van der Waals surface area contributed by atoms with Gasteiger partial charge in [0.25, 0.3) is 0 Å². The van der Waals surface area contributed by atoms with E-state index >= 15 is 0 Å². The molecule has 3 rings (SSSR count). The number of aryl methyl sites for hydroxylation is 2. The zero-order chi connectivity index (χ0) is 22.9. The Morgan fingerprint density at radius 1 is 0.938 bits per heavy atom. The Morgan fingerprint density at radius 2 is 1.56 bits per heavy atom. The van der Waals surface area contributed by atoms with E-state index < -0.39 is 6.10 Å². The molecule has 0 fully saturated rings. The number of hydrogen-bond acceptors (Lipinski definition) is 6. The van der Waals surface area contributed by atoms with Crippen molar-refractivity contribution in [1.82, 2.24) is 0 Å². The van der Waals surface area contributed by atoms with Gasteiger partial charge in [-0.05, 0) is 85.5 Å². The number of hydrogen-bond donors (Lipinski definition) is 0. The Morgan fingerprint density at radius 3 is 2.06 bits per heavy atom. The number of esters is 1. The van der Waals surface area contributed by atoms with Crippen LogP contribution in [0, 0.1) is 13.8 Å². The second kappa shape index (κ2) is 12.0. The maximum atomic E-state index is 12.1. The summed E-state index contributed by atoms with van der Waals surface area (Å²) in [7, 11) is 0. The van der Waals surface area contributed by atoms with E-state index in [-0.39, 0.29) is 5.97 Å². The van der Waals surface area contributed by atoms with Crippen molar-refractivity contribution in [2.45, 2.75) is 40.2 Å². The highest BCUT2D eigenvalue weighted by Gasteiger charge is 2.20. The third-order valence-corrected chi connectivity index (χ3v) is 7.11. The van der Waals surface area contributed by atoms with Crippen LogP contribution in [-0.2, 0) is 20.7 Å². The van der Waals surface area contributed by atoms with Crippen molar-refractivity contribution < 1.29 is 19.0 Å². The lowest BCUT2D eigenvalue weighted by Crippen LogP contribution is -2.28. The van der Waals surface area contributed by atoms with Crippen LogP contribution in [0.5, 0.6) is 5.75 Å². The molecule has 0 spiro atoms. The van der Waals surface area contributed by atoms with Gasteiger partial charge in [-0.1, -0.05) is 12.1 Å². The average molecular weight is 471 g/mol. The van der Waals surface area contributed by atoms with E-state index in [2.05, 4.69) is 42.8 Å². The highest BCUT2D eigenvalue weighted by Crippen LogP contribution is 2.35. The van der Waals surface area contributed by atoms with Crippen molar-refractivity contribution in [2.75, 3.05) is 19.8 Å². The number of ether oxygens (including phenoxy) is 3. The third-order valence-electron chi connectivity index (χ3n) is 5.01. The number of rotatable bonds is 11. The minimum atomic E-state index is -0.583. The summed E-state index contributed by atoms with van der Waals surface area (Å²) in [6.07, 6.45) is 2.06. The van der Waals surface area contributed by atoms with Gasteiger partial charge in [-0.2, -0.15) is 0 Å². The van der Waals surface area contributed by atoms with Gasteiger partial charge in [0.1, 0.15) is 12.4 Å². The minimum absolute atomic E-state index is 0.319. The second-order valence-corrected chi connectivity index (χ2v) is 9.17. The van der Waals surface area contributed by atoms with Crippen LogP contribution < -0.4 is 4.74 Å². The van der Waals surface area contributed by atoms with Gasteiger partial charge in [-0.25, -0.2) is 4.79 Å². The largest absolute Gasteiger partial charge is 0.490 e. The van der Waals surface area contributed by atoms with E-state index in [4.69, 9.17) is 14.2 Å². The zero-order valence-electron chi connectivity index (χ0n) is 19.1. The predicted molar refractivity (Wildman–Crippen MR) is 133 cm³/mol. The van der Waals surface area contributed by atoms with E-state index in [0.717, 1.165) is 11.3 Å². The summed E-state index contributed by atoms with van der Waals surface area (Å²) in [5.41, 5.74) is 4.80. The lowest BCUT2D eigenvalue weighted by Gasteiger charge is -2.15. The molecular weight excluding hydrogens is 440 g/mol. The zero-order valence-corrected chi connectivity index (χ0v) is 20.7. The molecule has 1 aromatic carbocycles. The maximum absolute atomic E-state index is 12.1. The van der Waals surface area contributed by atoms with Crippen LogP contribution in [0.25, 0.3) is 5.57 Å². The van der Waals surface area contributed by atoms with Crippen molar-refractivity contribution >= 4 is 34.2 Å². The summed E-state index contributed by atoms with van der Waals surface area (Å²) >= 11 is 3.52. The molecule has 0 aliphatic carbocycles. The van der Waals surface area contributed by atoms with Gasteiger partial charge in [-0.3, -0.25) is 0 Å². The Labute approximate surface area is 198 Å². The number of thiophene rings is 2. The number of benzene rings is 1. The standard InChI is InChI=1S/C26H30O4S2/c1-5-28-23(26(27)29-6-2)17-20-7-9-21(10-8-20)30-14-11-22(24-18(3)12-15-31-24)25-19(4)13-16-32-25/h7-13,15-16,23H,5-6,14,17H2,1-4H3. The lowest BCUT2D eigenvalue weighted by atomic mass is 10.1. The molecule has 0 bridgehead atoms. The molecule has 0 saturated heterocycles. The second-order valence-electron chi connectivity index (χ2n) is 7.34. The molecule has 2 aromatic heterocycles. The molecule has 1 atom stereocenters. The van der Waals surface area contributed by atoms with Crippen LogP contribution in [-0.4, -0.2) is 31.9 Å². The van der Waals surface area contributed by atoms with Crippen molar-refractivity contribution in [2.24, 2.45) is 0 Å². The Balaban J connectivity index is 1.67. The fourth-order valence-corrected chi connectivity index (χ4v) is 5.40. The van der Waals surface area contributed by atoms with E-state index in [1.165, 1.54) is 26.5 Å². The van der Waals surface area contributed by atoms with Gasteiger partial charge < -0.3 is 14.2 Å². The summed E-state index contributed by atoms with van der Waals surface area (Å²) in [4.78, 5) is 14.7. The fraction of sp³-hybridized carbons (Fsp3) is 0.346. The SMILES string of the molecule is CCOC(=O)C(Cc1ccc(OCC=C(c2sccc2C)c2sccc2C)cc1)OCC. The van der Waals surface area contributed by atoms with Crippen molar-refractivity contribution in [1.29, 1.82) is 0 Å². The van der Waals surface area contributed by atoms with Gasteiger partial charge in [0.2, 0.25) is 0 Å². The smallest absolute Gasteiger partial charge is 0.335 e. The van der Waals surface area contributed by atoms with Crippen LogP contribution in [0.15, 0.2) is 53.2 Å². The molecule has 4 nitrogen and oxygen atoms in total. The van der Waals surface area contributed by atoms with Gasteiger partial charge in [0.05, 0.1) is 6.61 Å². The van der Waals surface area contributed by atoms with E-state index in [1.807, 2.05) is 31.2 Å². The maximum Gasteiger partial charge on any atom is 0.335 e. The topological polar surface area (TPSA) is 44.8 Å². The Kier molecular flexibility index (Phi) is 9.09. The van der Waals surface area contributed by atoms with Crippen molar-refractivity contribution in [3.8, 4) is 5.75 Å². The molecule has 0 N–H and O–H groups in total. The van der Waals surface area contributed by atoms with Crippen LogP contribution in [0.2, 0.25) is 0 Å². The molecule has 32 heavy (non-hydrogen) atoms. The van der Waals surface area contributed by atoms with Crippen LogP contribution in [0.3, 0.4) is 0 Å². The minimum Gasteiger partial charge on any atom is -0.490 e. The first-order chi connectivity index (χ1) is 15.5. The molecule has 0 amide bonds. The first-order valence-electron chi connectivity index (χ1n) is 10.8. The molecule has 0 saturated carbocycles. The van der Waals surface area contributed by atoms with Gasteiger partial charge >= 0.3 is 5.97 Å². The van der Waals surface area contributed by atoms with Crippen molar-refractivity contribution in [3.63, 3.8) is 0 Å². The molecule has 6 heteroatoms.